The summed E-state index contributed by atoms with van der Waals surface area (Å²) in [7, 11) is 0. The molecule has 0 saturated carbocycles. The minimum atomic E-state index is -0.521. The smallest absolute Gasteiger partial charge is 0.191 e. The van der Waals surface area contributed by atoms with E-state index >= 15 is 0 Å². The van der Waals surface area contributed by atoms with E-state index in [1.54, 1.807) is 24.3 Å². The van der Waals surface area contributed by atoms with E-state index in [9.17, 15) is 4.79 Å². The summed E-state index contributed by atoms with van der Waals surface area (Å²) in [5.41, 5.74) is 12.0. The average Bonchev–Trinajstić information content (AvgIpc) is 2.04. The van der Waals surface area contributed by atoms with Crippen LogP contribution in [-0.4, -0.2) is 9.83 Å². The molecule has 0 aromatic heterocycles. The second-order valence-corrected chi connectivity index (χ2v) is 3.70. The van der Waals surface area contributed by atoms with Crippen LogP contribution in [0.3, 0.4) is 0 Å². The number of halogens is 1. The van der Waals surface area contributed by atoms with E-state index in [2.05, 4.69) is 0 Å². The zero-order valence-electron chi connectivity index (χ0n) is 6.33. The molecule has 12 heavy (non-hydrogen) atoms. The molecule has 0 bridgehead atoms. The van der Waals surface area contributed by atoms with Gasteiger partial charge in [0, 0.05) is 11.3 Å². The second kappa shape index (κ2) is 3.86. The van der Waals surface area contributed by atoms with Crippen LogP contribution in [0, 0.1) is 0 Å². The molecule has 0 heterocycles. The van der Waals surface area contributed by atoms with E-state index in [1.807, 2.05) is 22.6 Å². The van der Waals surface area contributed by atoms with Crippen molar-refractivity contribution in [3.63, 3.8) is 0 Å². The zero-order chi connectivity index (χ0) is 9.14. The number of rotatable bonds is 2. The van der Waals surface area contributed by atoms with Crippen LogP contribution in [0.25, 0.3) is 0 Å². The molecule has 4 heteroatoms. The highest BCUT2D eigenvalue weighted by molar-refractivity contribution is 14.1. The van der Waals surface area contributed by atoms with Crippen molar-refractivity contribution in [2.24, 2.45) is 5.73 Å². The van der Waals surface area contributed by atoms with Gasteiger partial charge in [-0.15, -0.1) is 0 Å². The fourth-order valence-electron chi connectivity index (χ4n) is 0.870. The van der Waals surface area contributed by atoms with Gasteiger partial charge in [0.2, 0.25) is 0 Å². The molecule has 0 amide bonds. The van der Waals surface area contributed by atoms with Gasteiger partial charge in [0.1, 0.15) is 4.05 Å². The van der Waals surface area contributed by atoms with Gasteiger partial charge in [-0.05, 0) is 12.1 Å². The van der Waals surface area contributed by atoms with Crippen LogP contribution < -0.4 is 11.5 Å². The Balaban J connectivity index is 3.03. The number of nitrogens with two attached hydrogens (primary N) is 2. The second-order valence-electron chi connectivity index (χ2n) is 2.35. The van der Waals surface area contributed by atoms with Crippen LogP contribution in [0.15, 0.2) is 24.3 Å². The van der Waals surface area contributed by atoms with Gasteiger partial charge in [-0.25, -0.2) is 0 Å². The molecule has 1 rings (SSSR count). The van der Waals surface area contributed by atoms with Crippen molar-refractivity contribution in [3.8, 4) is 0 Å². The van der Waals surface area contributed by atoms with Gasteiger partial charge in [0.05, 0.1) is 0 Å². The molecule has 64 valence electrons. The fourth-order valence-corrected chi connectivity index (χ4v) is 1.21. The molecular formula is C8H9IN2O. The Morgan fingerprint density at radius 2 is 2.00 bits per heavy atom. The van der Waals surface area contributed by atoms with E-state index in [1.165, 1.54) is 0 Å². The maximum absolute atomic E-state index is 11.4. The molecule has 0 aliphatic heterocycles. The van der Waals surface area contributed by atoms with Crippen molar-refractivity contribution in [1.29, 1.82) is 0 Å². The highest BCUT2D eigenvalue weighted by Crippen LogP contribution is 2.14. The number of nitrogen functional groups attached to an aromatic ring is 1. The number of para-hydroxylation sites is 1. The van der Waals surface area contributed by atoms with E-state index in [0.717, 1.165) is 0 Å². The maximum Gasteiger partial charge on any atom is 0.191 e. The summed E-state index contributed by atoms with van der Waals surface area (Å²) in [5.74, 6) is -0.131. The lowest BCUT2D eigenvalue weighted by Crippen LogP contribution is -2.24. The van der Waals surface area contributed by atoms with Crippen LogP contribution in [-0.2, 0) is 0 Å². The predicted octanol–water partition coefficient (Wildman–Crippen LogP) is 1.17. The van der Waals surface area contributed by atoms with Crippen molar-refractivity contribution in [3.05, 3.63) is 29.8 Å². The van der Waals surface area contributed by atoms with Crippen LogP contribution >= 0.6 is 22.6 Å². The third kappa shape index (κ3) is 1.95. The fraction of sp³-hybridized carbons (Fsp3) is 0.125. The van der Waals surface area contributed by atoms with Crippen LogP contribution in [0.5, 0.6) is 0 Å². The normalized spacial score (nSPS) is 12.5. The summed E-state index contributed by atoms with van der Waals surface area (Å²) in [4.78, 5) is 11.4. The van der Waals surface area contributed by atoms with Gasteiger partial charge < -0.3 is 11.5 Å². The van der Waals surface area contributed by atoms with Crippen molar-refractivity contribution >= 4 is 34.1 Å². The molecule has 4 N–H and O–H groups in total. The summed E-state index contributed by atoms with van der Waals surface area (Å²) in [6, 6.07) is 6.91. The Bertz CT molecular complexity index is 299. The molecule has 0 radical (unpaired) electrons. The third-order valence-electron chi connectivity index (χ3n) is 1.48. The van der Waals surface area contributed by atoms with Crippen molar-refractivity contribution in [2.45, 2.75) is 4.05 Å². The molecule has 1 aromatic rings. The molecule has 0 aliphatic carbocycles. The number of alkyl halides is 1. The topological polar surface area (TPSA) is 69.1 Å². The largest absolute Gasteiger partial charge is 0.398 e. The van der Waals surface area contributed by atoms with Crippen LogP contribution in [0.4, 0.5) is 5.69 Å². The minimum absolute atomic E-state index is 0.131. The number of hydrogen-bond donors (Lipinski definition) is 2. The number of carbonyl (C=O) groups excluding carboxylic acids is 1. The number of ketones is 1. The van der Waals surface area contributed by atoms with E-state index in [-0.39, 0.29) is 5.78 Å². The molecular weight excluding hydrogens is 267 g/mol. The van der Waals surface area contributed by atoms with E-state index < -0.39 is 4.05 Å². The van der Waals surface area contributed by atoms with E-state index in [4.69, 9.17) is 11.5 Å². The summed E-state index contributed by atoms with van der Waals surface area (Å²) in [5, 5.41) is 0. The number of benzene rings is 1. The molecule has 0 saturated heterocycles. The zero-order valence-corrected chi connectivity index (χ0v) is 8.49. The van der Waals surface area contributed by atoms with Gasteiger partial charge in [-0.1, -0.05) is 34.7 Å². The Morgan fingerprint density at radius 1 is 1.42 bits per heavy atom. The highest BCUT2D eigenvalue weighted by atomic mass is 127. The van der Waals surface area contributed by atoms with Gasteiger partial charge in [0.15, 0.2) is 5.78 Å². The van der Waals surface area contributed by atoms with Gasteiger partial charge >= 0.3 is 0 Å². The maximum atomic E-state index is 11.4. The summed E-state index contributed by atoms with van der Waals surface area (Å²) >= 11 is 1.86. The summed E-state index contributed by atoms with van der Waals surface area (Å²) < 4.78 is -0.521. The molecule has 0 spiro atoms. The standard InChI is InChI=1S/C8H9IN2O/c9-8(11)7(12)5-3-1-2-4-6(5)10/h1-4,8H,10-11H2. The Labute approximate surface area is 84.3 Å². The lowest BCUT2D eigenvalue weighted by molar-refractivity contribution is 0.0996. The number of hydrogen-bond acceptors (Lipinski definition) is 3. The first-order chi connectivity index (χ1) is 5.63. The molecule has 0 aliphatic rings. The summed E-state index contributed by atoms with van der Waals surface area (Å²) in [6.45, 7) is 0. The van der Waals surface area contributed by atoms with Gasteiger partial charge in [-0.3, -0.25) is 4.79 Å². The molecule has 3 nitrogen and oxygen atoms in total. The third-order valence-corrected chi connectivity index (χ3v) is 2.04. The number of anilines is 1. The Kier molecular flexibility index (Phi) is 3.05. The van der Waals surface area contributed by atoms with Gasteiger partial charge in [0.25, 0.3) is 0 Å². The van der Waals surface area contributed by atoms with E-state index in [0.29, 0.717) is 11.3 Å². The first kappa shape index (κ1) is 9.47. The quantitative estimate of drug-likeness (QED) is 0.280. The van der Waals surface area contributed by atoms with Crippen LogP contribution in [0.2, 0.25) is 0 Å². The summed E-state index contributed by atoms with van der Waals surface area (Å²) in [6.07, 6.45) is 0. The van der Waals surface area contributed by atoms with Crippen LogP contribution in [0.1, 0.15) is 10.4 Å². The first-order valence-corrected chi connectivity index (χ1v) is 4.66. The Morgan fingerprint density at radius 3 is 2.50 bits per heavy atom. The Hall–Kier alpha value is -0.620. The van der Waals surface area contributed by atoms with Gasteiger partial charge in [-0.2, -0.15) is 0 Å². The van der Waals surface area contributed by atoms with Crippen molar-refractivity contribution in [1.82, 2.24) is 0 Å². The lowest BCUT2D eigenvalue weighted by Gasteiger charge is -2.04. The molecule has 0 fully saturated rings. The minimum Gasteiger partial charge on any atom is -0.398 e. The first-order valence-electron chi connectivity index (χ1n) is 3.41. The van der Waals surface area contributed by atoms with Crippen molar-refractivity contribution in [2.75, 3.05) is 5.73 Å². The van der Waals surface area contributed by atoms with Crippen molar-refractivity contribution < 1.29 is 4.79 Å². The highest BCUT2D eigenvalue weighted by Gasteiger charge is 2.13. The predicted molar refractivity (Wildman–Crippen MR) is 57.2 cm³/mol. The molecule has 1 unspecified atom stereocenters. The monoisotopic (exact) mass is 276 g/mol. The number of Topliss-reactive ketones (excluding diaryl/α,β-unsaturated/α-hetero) is 1. The molecule has 1 atom stereocenters. The SMILES string of the molecule is Nc1ccccc1C(=O)C(N)I. The lowest BCUT2D eigenvalue weighted by atomic mass is 10.1. The molecule has 1 aromatic carbocycles. The number of carbonyl (C=O) groups is 1. The average molecular weight is 276 g/mol.